The van der Waals surface area contributed by atoms with E-state index in [1.54, 1.807) is 59.4 Å². The SMILES string of the molecule is C#CCCCCCc1cn(CCO[C@H]2O[C@H](COS(=O)(=O)c3ccc(C)cc3)[C@@H](OC(=O)c3ccccc3)[C@H](OC(=O)c3ccccc3)[C@H]2NC(C)=O)nn1. The second kappa shape index (κ2) is 19.8. The van der Waals surface area contributed by atoms with Crippen LogP contribution in [0.25, 0.3) is 0 Å². The number of hydrogen-bond donors (Lipinski definition) is 1. The van der Waals surface area contributed by atoms with Crippen molar-refractivity contribution in [3.63, 3.8) is 0 Å². The Labute approximate surface area is 320 Å². The number of hydrogen-bond acceptors (Lipinski definition) is 12. The molecule has 0 spiro atoms. The van der Waals surface area contributed by atoms with Gasteiger partial charge in [0, 0.05) is 19.5 Å². The summed E-state index contributed by atoms with van der Waals surface area (Å²) >= 11 is 0. The van der Waals surface area contributed by atoms with Crippen LogP contribution in [-0.2, 0) is 51.0 Å². The Morgan fingerprint density at radius 2 is 1.53 bits per heavy atom. The van der Waals surface area contributed by atoms with Gasteiger partial charge in [-0.25, -0.2) is 14.3 Å². The normalized spacial score (nSPS) is 19.5. The van der Waals surface area contributed by atoms with E-state index in [9.17, 15) is 22.8 Å². The lowest BCUT2D eigenvalue weighted by Crippen LogP contribution is -2.66. The maximum Gasteiger partial charge on any atom is 0.338 e. The Bertz CT molecular complexity index is 2020. The summed E-state index contributed by atoms with van der Waals surface area (Å²) in [6, 6.07) is 20.9. The Morgan fingerprint density at radius 3 is 2.15 bits per heavy atom. The van der Waals surface area contributed by atoms with Crippen molar-refractivity contribution in [1.29, 1.82) is 0 Å². The third-order valence-corrected chi connectivity index (χ3v) is 9.96. The molecule has 55 heavy (non-hydrogen) atoms. The highest BCUT2D eigenvalue weighted by Crippen LogP contribution is 2.30. The fourth-order valence-electron chi connectivity index (χ4n) is 5.85. The molecule has 1 N–H and O–H groups in total. The van der Waals surface area contributed by atoms with Crippen LogP contribution in [0.4, 0.5) is 0 Å². The van der Waals surface area contributed by atoms with Crippen molar-refractivity contribution in [2.45, 2.75) is 88.0 Å². The van der Waals surface area contributed by atoms with Gasteiger partial charge in [0.15, 0.2) is 18.5 Å². The number of aromatic nitrogens is 3. The quantitative estimate of drug-likeness (QED) is 0.0654. The third kappa shape index (κ3) is 11.8. The Balaban J connectivity index is 1.43. The van der Waals surface area contributed by atoms with Crippen LogP contribution in [-0.4, -0.2) is 85.1 Å². The molecule has 0 radical (unpaired) electrons. The summed E-state index contributed by atoms with van der Waals surface area (Å²) in [5.74, 6) is 0.483. The van der Waals surface area contributed by atoms with Crippen molar-refractivity contribution in [3.8, 4) is 12.3 Å². The van der Waals surface area contributed by atoms with E-state index >= 15 is 0 Å². The van der Waals surface area contributed by atoms with Crippen LogP contribution >= 0.6 is 0 Å². The van der Waals surface area contributed by atoms with Crippen LogP contribution < -0.4 is 5.32 Å². The largest absolute Gasteiger partial charge is 0.452 e. The van der Waals surface area contributed by atoms with E-state index in [1.807, 2.05) is 6.92 Å². The molecule has 0 saturated carbocycles. The van der Waals surface area contributed by atoms with E-state index in [0.717, 1.165) is 43.4 Å². The molecule has 4 aromatic rings. The van der Waals surface area contributed by atoms with Crippen molar-refractivity contribution in [2.75, 3.05) is 13.2 Å². The molecule has 2 heterocycles. The van der Waals surface area contributed by atoms with Crippen molar-refractivity contribution in [1.82, 2.24) is 20.3 Å². The number of ether oxygens (including phenoxy) is 4. The molecule has 0 bridgehead atoms. The van der Waals surface area contributed by atoms with Gasteiger partial charge in [-0.05, 0) is 62.6 Å². The lowest BCUT2D eigenvalue weighted by molar-refractivity contribution is -0.268. The monoisotopic (exact) mass is 772 g/mol. The molecule has 0 aliphatic carbocycles. The van der Waals surface area contributed by atoms with Gasteiger partial charge in [0.05, 0.1) is 41.5 Å². The lowest BCUT2D eigenvalue weighted by atomic mass is 9.95. The van der Waals surface area contributed by atoms with E-state index in [1.165, 1.54) is 43.3 Å². The summed E-state index contributed by atoms with van der Waals surface area (Å²) in [4.78, 5) is 39.7. The summed E-state index contributed by atoms with van der Waals surface area (Å²) in [5.41, 5.74) is 1.98. The fourth-order valence-corrected chi connectivity index (χ4v) is 6.77. The molecule has 1 amide bonds. The van der Waals surface area contributed by atoms with Crippen molar-refractivity contribution in [3.05, 3.63) is 114 Å². The number of terminal acetylenes is 1. The number of carbonyl (C=O) groups excluding carboxylic acids is 3. The summed E-state index contributed by atoms with van der Waals surface area (Å²) in [5, 5.41) is 11.1. The van der Waals surface area contributed by atoms with Crippen LogP contribution in [0.2, 0.25) is 0 Å². The molecule has 1 saturated heterocycles. The first-order chi connectivity index (χ1) is 26.5. The van der Waals surface area contributed by atoms with E-state index in [2.05, 4.69) is 21.5 Å². The predicted octanol–water partition coefficient (Wildman–Crippen LogP) is 4.43. The van der Waals surface area contributed by atoms with Gasteiger partial charge in [-0.3, -0.25) is 8.98 Å². The number of amides is 1. The summed E-state index contributed by atoms with van der Waals surface area (Å²) in [6.45, 7) is 2.59. The summed E-state index contributed by atoms with van der Waals surface area (Å²) in [7, 11) is -4.34. The van der Waals surface area contributed by atoms with Crippen LogP contribution in [0.5, 0.6) is 0 Å². The number of carbonyl (C=O) groups is 3. The van der Waals surface area contributed by atoms with E-state index in [4.69, 9.17) is 29.6 Å². The second-order valence-electron chi connectivity index (χ2n) is 12.9. The topological polar surface area (TPSA) is 174 Å². The number of benzene rings is 3. The van der Waals surface area contributed by atoms with Crippen molar-refractivity contribution in [2.24, 2.45) is 0 Å². The Morgan fingerprint density at radius 1 is 0.891 bits per heavy atom. The van der Waals surface area contributed by atoms with E-state index in [-0.39, 0.29) is 29.2 Å². The van der Waals surface area contributed by atoms with Gasteiger partial charge in [-0.15, -0.1) is 17.4 Å². The summed E-state index contributed by atoms with van der Waals surface area (Å²) < 4.78 is 58.2. The zero-order chi connectivity index (χ0) is 39.2. The zero-order valence-corrected chi connectivity index (χ0v) is 31.4. The highest BCUT2D eigenvalue weighted by molar-refractivity contribution is 7.86. The number of unbranched alkanes of at least 4 members (excludes halogenated alkanes) is 3. The predicted molar refractivity (Wildman–Crippen MR) is 199 cm³/mol. The first-order valence-electron chi connectivity index (χ1n) is 17.9. The van der Waals surface area contributed by atoms with Crippen molar-refractivity contribution >= 4 is 28.0 Å². The van der Waals surface area contributed by atoms with Gasteiger partial charge < -0.3 is 24.3 Å². The molecule has 3 aromatic carbocycles. The molecule has 1 aliphatic rings. The van der Waals surface area contributed by atoms with Gasteiger partial charge >= 0.3 is 11.9 Å². The number of rotatable bonds is 18. The molecule has 1 aliphatic heterocycles. The molecular formula is C40H44N4O10S. The average Bonchev–Trinajstić information content (AvgIpc) is 3.64. The van der Waals surface area contributed by atoms with Gasteiger partial charge in [0.1, 0.15) is 12.1 Å². The molecule has 1 aromatic heterocycles. The average molecular weight is 773 g/mol. The standard InChI is InChI=1S/C40H44N4O10S/c1-4-5-6-7-14-19-32-26-44(43-42-32)24-25-50-40-35(41-29(3)45)37(54-39(47)31-17-12-9-13-18-31)36(53-38(46)30-15-10-8-11-16-30)34(52-40)27-51-55(48,49)33-22-20-28(2)21-23-33/h1,8-13,15-18,20-23,26,34-37,40H,5-7,14,19,24-25,27H2,2-3H3,(H,41,45)/t34-,35-,36-,37-,40+/m1/s1. The maximum absolute atomic E-state index is 13.6. The van der Waals surface area contributed by atoms with E-state index in [0.29, 0.717) is 0 Å². The Kier molecular flexibility index (Phi) is 14.7. The Hall–Kier alpha value is -5.40. The maximum atomic E-state index is 13.6. The van der Waals surface area contributed by atoms with Gasteiger partial charge in [0.25, 0.3) is 10.1 Å². The van der Waals surface area contributed by atoms with Gasteiger partial charge in [-0.1, -0.05) is 65.7 Å². The third-order valence-electron chi connectivity index (χ3n) is 8.66. The van der Waals surface area contributed by atoms with Crippen molar-refractivity contribution < 1.29 is 45.9 Å². The zero-order valence-electron chi connectivity index (χ0n) is 30.6. The second-order valence-corrected chi connectivity index (χ2v) is 14.5. The smallest absolute Gasteiger partial charge is 0.338 e. The first kappa shape index (κ1) is 40.8. The number of esters is 2. The lowest BCUT2D eigenvalue weighted by Gasteiger charge is -2.45. The first-order valence-corrected chi connectivity index (χ1v) is 19.3. The molecule has 14 nitrogen and oxygen atoms in total. The fraction of sp³-hybridized carbons (Fsp3) is 0.375. The van der Waals surface area contributed by atoms with E-state index < -0.39 is 65.2 Å². The molecule has 1 fully saturated rings. The van der Waals surface area contributed by atoms with Crippen LogP contribution in [0, 0.1) is 19.3 Å². The minimum absolute atomic E-state index is 0.0191. The van der Waals surface area contributed by atoms with Crippen LogP contribution in [0.15, 0.2) is 96.0 Å². The summed E-state index contributed by atoms with van der Waals surface area (Å²) in [6.07, 6.45) is 5.73. The molecule has 5 rings (SSSR count). The van der Waals surface area contributed by atoms with Gasteiger partial charge in [-0.2, -0.15) is 8.42 Å². The molecule has 5 atom stereocenters. The highest BCUT2D eigenvalue weighted by Gasteiger charge is 2.52. The molecule has 0 unspecified atom stereocenters. The number of nitrogens with one attached hydrogen (secondary N) is 1. The highest BCUT2D eigenvalue weighted by atomic mass is 32.2. The number of nitrogens with zero attached hydrogens (tertiary/aromatic N) is 3. The molecule has 15 heteroatoms. The van der Waals surface area contributed by atoms with Crippen LogP contribution in [0.1, 0.15) is 64.6 Å². The number of aryl methyl sites for hydroxylation is 2. The minimum atomic E-state index is -4.34. The molecular weight excluding hydrogens is 729 g/mol. The molecule has 290 valence electrons. The minimum Gasteiger partial charge on any atom is -0.452 e. The van der Waals surface area contributed by atoms with Gasteiger partial charge in [0.2, 0.25) is 5.91 Å². The van der Waals surface area contributed by atoms with Crippen LogP contribution in [0.3, 0.4) is 0 Å².